The number of nitrogens with one attached hydrogen (secondary N) is 1. The van der Waals surface area contributed by atoms with Crippen LogP contribution in [0.15, 0.2) is 41.6 Å². The van der Waals surface area contributed by atoms with Crippen LogP contribution >= 0.6 is 35.2 Å². The molecule has 2 unspecified atom stereocenters. The summed E-state index contributed by atoms with van der Waals surface area (Å²) < 4.78 is 47.3. The molecule has 2 aliphatic rings. The highest BCUT2D eigenvalue weighted by molar-refractivity contribution is 7.96. The minimum atomic E-state index is -4.77. The molecule has 0 aromatic heterocycles. The van der Waals surface area contributed by atoms with Gasteiger partial charge in [-0.2, -0.15) is 13.2 Å². The third kappa shape index (κ3) is 4.24. The number of oxime groups is 1. The van der Waals surface area contributed by atoms with E-state index in [1.807, 2.05) is 0 Å². The summed E-state index contributed by atoms with van der Waals surface area (Å²) in [7, 11) is 0. The van der Waals surface area contributed by atoms with Gasteiger partial charge in [0, 0.05) is 39.6 Å². The first-order chi connectivity index (χ1) is 14.6. The summed E-state index contributed by atoms with van der Waals surface area (Å²) in [5.74, 6) is -0.285. The molecule has 5 nitrogen and oxygen atoms in total. The first kappa shape index (κ1) is 22.3. The summed E-state index contributed by atoms with van der Waals surface area (Å²) in [5, 5.41) is 6.54. The van der Waals surface area contributed by atoms with Crippen LogP contribution < -0.4 is 5.32 Å². The SMILES string of the molecule is Cc1cc(C2=NOC(c3cc(Cl)cc(Cl)c3)(C(F)(F)F)C2)ccc1C(=O)NC1COS1. The van der Waals surface area contributed by atoms with Crippen LogP contribution in [0.3, 0.4) is 0 Å². The summed E-state index contributed by atoms with van der Waals surface area (Å²) in [4.78, 5) is 17.4. The second-order valence-electron chi connectivity index (χ2n) is 7.16. The fraction of sp³-hybridized carbons (Fsp3) is 0.300. The van der Waals surface area contributed by atoms with Crippen LogP contribution in [0.4, 0.5) is 13.2 Å². The van der Waals surface area contributed by atoms with Crippen molar-refractivity contribution in [2.45, 2.75) is 30.5 Å². The summed E-state index contributed by atoms with van der Waals surface area (Å²) in [6.07, 6.45) is -5.34. The maximum absolute atomic E-state index is 14.1. The molecule has 2 atom stereocenters. The van der Waals surface area contributed by atoms with Gasteiger partial charge in [0.25, 0.3) is 11.5 Å². The van der Waals surface area contributed by atoms with Gasteiger partial charge in [-0.15, -0.1) is 0 Å². The highest BCUT2D eigenvalue weighted by Crippen LogP contribution is 2.49. The van der Waals surface area contributed by atoms with E-state index in [4.69, 9.17) is 32.2 Å². The maximum atomic E-state index is 14.1. The van der Waals surface area contributed by atoms with Crippen molar-refractivity contribution in [3.63, 3.8) is 0 Å². The van der Waals surface area contributed by atoms with E-state index >= 15 is 0 Å². The molecule has 4 rings (SSSR count). The summed E-state index contributed by atoms with van der Waals surface area (Å²) >= 11 is 13.0. The number of aryl methyl sites for hydroxylation is 1. The van der Waals surface area contributed by atoms with E-state index in [-0.39, 0.29) is 32.6 Å². The van der Waals surface area contributed by atoms with Crippen molar-refractivity contribution in [1.82, 2.24) is 5.32 Å². The van der Waals surface area contributed by atoms with Gasteiger partial charge in [0.2, 0.25) is 0 Å². The van der Waals surface area contributed by atoms with E-state index in [1.54, 1.807) is 25.1 Å². The molecule has 0 aliphatic carbocycles. The van der Waals surface area contributed by atoms with Gasteiger partial charge in [0.05, 0.1) is 12.3 Å². The average Bonchev–Trinajstić information content (AvgIpc) is 3.10. The fourth-order valence-corrected chi connectivity index (χ4v) is 4.32. The molecule has 1 saturated heterocycles. The number of carbonyl (C=O) groups excluding carboxylic acids is 1. The van der Waals surface area contributed by atoms with E-state index in [9.17, 15) is 18.0 Å². The number of halogens is 5. The van der Waals surface area contributed by atoms with Crippen molar-refractivity contribution < 1.29 is 27.0 Å². The van der Waals surface area contributed by atoms with Gasteiger partial charge >= 0.3 is 6.18 Å². The van der Waals surface area contributed by atoms with Crippen LogP contribution in [0.1, 0.15) is 33.5 Å². The summed E-state index contributed by atoms with van der Waals surface area (Å²) in [6.45, 7) is 2.13. The average molecular weight is 491 g/mol. The Labute approximate surface area is 190 Å². The minimum Gasteiger partial charge on any atom is -0.374 e. The monoisotopic (exact) mass is 490 g/mol. The fourth-order valence-electron chi connectivity index (χ4n) is 3.37. The Morgan fingerprint density at radius 2 is 1.90 bits per heavy atom. The second kappa shape index (κ2) is 8.20. The molecule has 11 heteroatoms. The Morgan fingerprint density at radius 1 is 1.23 bits per heavy atom. The van der Waals surface area contributed by atoms with Crippen molar-refractivity contribution >= 4 is 46.9 Å². The smallest absolute Gasteiger partial charge is 0.374 e. The van der Waals surface area contributed by atoms with Crippen LogP contribution in [0.25, 0.3) is 0 Å². The van der Waals surface area contributed by atoms with Gasteiger partial charge in [-0.1, -0.05) is 34.4 Å². The van der Waals surface area contributed by atoms with Gasteiger partial charge in [-0.3, -0.25) is 4.79 Å². The van der Waals surface area contributed by atoms with E-state index in [0.717, 1.165) is 0 Å². The molecule has 2 heterocycles. The Hall–Kier alpha value is -1.94. The summed E-state index contributed by atoms with van der Waals surface area (Å²) in [5.41, 5.74) is -1.40. The van der Waals surface area contributed by atoms with Crippen LogP contribution in [0, 0.1) is 6.92 Å². The zero-order valence-electron chi connectivity index (χ0n) is 15.9. The van der Waals surface area contributed by atoms with Gasteiger partial charge in [0.15, 0.2) is 0 Å². The molecule has 0 saturated carbocycles. The summed E-state index contributed by atoms with van der Waals surface area (Å²) in [6, 6.07) is 8.39. The lowest BCUT2D eigenvalue weighted by Crippen LogP contribution is -2.42. The zero-order chi connectivity index (χ0) is 22.4. The number of rotatable bonds is 4. The van der Waals surface area contributed by atoms with Gasteiger partial charge in [0.1, 0.15) is 5.37 Å². The minimum absolute atomic E-state index is 0.0596. The number of hydrogen-bond acceptors (Lipinski definition) is 5. The lowest BCUT2D eigenvalue weighted by Gasteiger charge is -2.29. The van der Waals surface area contributed by atoms with E-state index in [0.29, 0.717) is 23.3 Å². The normalized spacial score (nSPS) is 23.0. The number of nitrogens with zero attached hydrogens (tertiary/aromatic N) is 1. The number of benzene rings is 2. The van der Waals surface area contributed by atoms with E-state index in [1.165, 1.54) is 30.2 Å². The standard InChI is InChI=1S/C20H15Cl2F3N2O3S/c1-10-4-11(2-3-15(10)18(28)26-17-9-29-31-17)16-8-19(30-27-16,20(23,24)25)12-5-13(21)7-14(22)6-12/h2-7,17H,8-9H2,1H3,(H,26,28). The lowest BCUT2D eigenvalue weighted by atomic mass is 9.86. The van der Waals surface area contributed by atoms with Crippen molar-refractivity contribution in [3.05, 3.63) is 68.7 Å². The predicted molar refractivity (Wildman–Crippen MR) is 112 cm³/mol. The molecular formula is C20H15Cl2F3N2O3S. The third-order valence-corrected chi connectivity index (χ3v) is 6.21. The lowest BCUT2D eigenvalue weighted by molar-refractivity contribution is -0.275. The van der Waals surface area contributed by atoms with Crippen molar-refractivity contribution in [1.29, 1.82) is 0 Å². The highest BCUT2D eigenvalue weighted by atomic mass is 35.5. The van der Waals surface area contributed by atoms with E-state index in [2.05, 4.69) is 10.5 Å². The van der Waals surface area contributed by atoms with Crippen LogP contribution in [-0.2, 0) is 14.6 Å². The Balaban J connectivity index is 1.61. The van der Waals surface area contributed by atoms with Gasteiger partial charge in [-0.05, 0) is 48.4 Å². The molecule has 0 spiro atoms. The quantitative estimate of drug-likeness (QED) is 0.565. The topological polar surface area (TPSA) is 59.9 Å². The van der Waals surface area contributed by atoms with Gasteiger partial charge in [-0.25, -0.2) is 0 Å². The predicted octanol–water partition coefficient (Wildman–Crippen LogP) is 5.62. The number of carbonyl (C=O) groups is 1. The van der Waals surface area contributed by atoms with Crippen LogP contribution in [0.2, 0.25) is 10.0 Å². The first-order valence-electron chi connectivity index (χ1n) is 9.07. The van der Waals surface area contributed by atoms with Crippen LogP contribution in [-0.4, -0.2) is 29.8 Å². The molecule has 2 aromatic rings. The number of amides is 1. The largest absolute Gasteiger partial charge is 0.435 e. The Kier molecular flexibility index (Phi) is 5.89. The molecule has 1 amide bonds. The molecule has 0 bridgehead atoms. The molecule has 2 aliphatic heterocycles. The molecule has 31 heavy (non-hydrogen) atoms. The third-order valence-electron chi connectivity index (χ3n) is 5.01. The molecule has 1 N–H and O–H groups in total. The molecule has 2 aromatic carbocycles. The molecule has 1 fully saturated rings. The maximum Gasteiger partial charge on any atom is 0.435 e. The highest BCUT2D eigenvalue weighted by Gasteiger charge is 2.62. The number of alkyl halides is 3. The van der Waals surface area contributed by atoms with E-state index < -0.39 is 18.2 Å². The Bertz CT molecular complexity index is 1060. The van der Waals surface area contributed by atoms with Crippen LogP contribution in [0.5, 0.6) is 0 Å². The van der Waals surface area contributed by atoms with Crippen molar-refractivity contribution in [3.8, 4) is 0 Å². The number of hydrogen-bond donors (Lipinski definition) is 1. The van der Waals surface area contributed by atoms with Gasteiger partial charge < -0.3 is 14.3 Å². The zero-order valence-corrected chi connectivity index (χ0v) is 18.3. The molecule has 164 valence electrons. The second-order valence-corrected chi connectivity index (χ2v) is 9.03. The first-order valence-corrected chi connectivity index (χ1v) is 10.6. The van der Waals surface area contributed by atoms with Crippen molar-refractivity contribution in [2.24, 2.45) is 5.16 Å². The van der Waals surface area contributed by atoms with Crippen molar-refractivity contribution in [2.75, 3.05) is 6.61 Å². The molecule has 0 radical (unpaired) electrons. The Morgan fingerprint density at radius 3 is 2.45 bits per heavy atom. The molecular weight excluding hydrogens is 476 g/mol.